The Bertz CT molecular complexity index is 481. The van der Waals surface area contributed by atoms with Crippen molar-refractivity contribution in [2.45, 2.75) is 37.1 Å². The molecule has 2 aliphatic rings. The Morgan fingerprint density at radius 2 is 2.27 bits per heavy atom. The first-order chi connectivity index (χ1) is 10.7. The zero-order valence-corrected chi connectivity index (χ0v) is 13.1. The molecule has 0 saturated carbocycles. The molecular weight excluding hydrogens is 286 g/mol. The molecule has 2 aliphatic heterocycles. The molecule has 2 saturated heterocycles. The Kier molecular flexibility index (Phi) is 5.12. The third kappa shape index (κ3) is 3.19. The van der Waals surface area contributed by atoms with E-state index in [-0.39, 0.29) is 24.5 Å². The van der Waals surface area contributed by atoms with E-state index in [1.807, 2.05) is 19.3 Å². The molecule has 5 atom stereocenters. The monoisotopic (exact) mass is 311 g/mol. The van der Waals surface area contributed by atoms with E-state index >= 15 is 0 Å². The zero-order valence-electron chi connectivity index (χ0n) is 13.1. The standard InChI is InChI=1S/C15H25N3O4/c1-18-6-3-4-10(18)8-17-12-11-9-21-15(22-11)13(14(12)19)16-5-7-20-2/h3-4,6,11-17,19H,5,7-9H2,1-2H3. The molecule has 124 valence electrons. The highest BCUT2D eigenvalue weighted by Crippen LogP contribution is 2.28. The van der Waals surface area contributed by atoms with Gasteiger partial charge < -0.3 is 34.5 Å². The normalized spacial score (nSPS) is 34.2. The summed E-state index contributed by atoms with van der Waals surface area (Å²) >= 11 is 0. The fourth-order valence-electron chi connectivity index (χ4n) is 3.12. The number of aliphatic hydroxyl groups is 1. The largest absolute Gasteiger partial charge is 0.390 e. The van der Waals surface area contributed by atoms with Crippen LogP contribution < -0.4 is 10.6 Å². The minimum Gasteiger partial charge on any atom is -0.390 e. The molecule has 0 aliphatic carbocycles. The van der Waals surface area contributed by atoms with Crippen molar-refractivity contribution in [3.63, 3.8) is 0 Å². The van der Waals surface area contributed by atoms with Crippen LogP contribution >= 0.6 is 0 Å². The molecule has 0 amide bonds. The first-order valence-corrected chi connectivity index (χ1v) is 7.71. The van der Waals surface area contributed by atoms with Crippen molar-refractivity contribution in [3.05, 3.63) is 24.0 Å². The van der Waals surface area contributed by atoms with E-state index in [9.17, 15) is 5.11 Å². The van der Waals surface area contributed by atoms with Crippen LogP contribution in [0.15, 0.2) is 18.3 Å². The number of fused-ring (bicyclic) bond motifs is 2. The summed E-state index contributed by atoms with van der Waals surface area (Å²) in [6, 6.07) is 3.66. The number of hydrogen-bond donors (Lipinski definition) is 3. The van der Waals surface area contributed by atoms with Crippen molar-refractivity contribution in [1.29, 1.82) is 0 Å². The van der Waals surface area contributed by atoms with Gasteiger partial charge in [-0.1, -0.05) is 0 Å². The highest BCUT2D eigenvalue weighted by molar-refractivity contribution is 5.08. The van der Waals surface area contributed by atoms with Crippen molar-refractivity contribution in [2.24, 2.45) is 7.05 Å². The van der Waals surface area contributed by atoms with Gasteiger partial charge in [0, 0.05) is 39.1 Å². The average molecular weight is 311 g/mol. The maximum Gasteiger partial charge on any atom is 0.176 e. The van der Waals surface area contributed by atoms with Crippen LogP contribution in [0.4, 0.5) is 0 Å². The molecule has 2 bridgehead atoms. The summed E-state index contributed by atoms with van der Waals surface area (Å²) in [4.78, 5) is 0. The number of aromatic nitrogens is 1. The lowest BCUT2D eigenvalue weighted by molar-refractivity contribution is -0.153. The minimum absolute atomic E-state index is 0.110. The maximum atomic E-state index is 10.7. The van der Waals surface area contributed by atoms with Crippen molar-refractivity contribution < 1.29 is 19.3 Å². The number of nitrogens with zero attached hydrogens (tertiary/aromatic N) is 1. The van der Waals surface area contributed by atoms with E-state index in [4.69, 9.17) is 14.2 Å². The molecule has 2 fully saturated rings. The molecule has 7 heteroatoms. The summed E-state index contributed by atoms with van der Waals surface area (Å²) in [5, 5.41) is 17.4. The third-order valence-electron chi connectivity index (χ3n) is 4.42. The number of nitrogens with one attached hydrogen (secondary N) is 2. The molecule has 5 unspecified atom stereocenters. The second kappa shape index (κ2) is 7.08. The molecule has 0 spiro atoms. The van der Waals surface area contributed by atoms with Crippen LogP contribution in [0, 0.1) is 0 Å². The van der Waals surface area contributed by atoms with E-state index in [0.29, 0.717) is 26.3 Å². The molecule has 1 aromatic rings. The Morgan fingerprint density at radius 1 is 1.41 bits per heavy atom. The fraction of sp³-hybridized carbons (Fsp3) is 0.733. The van der Waals surface area contributed by atoms with E-state index in [2.05, 4.69) is 21.3 Å². The lowest BCUT2D eigenvalue weighted by atomic mass is 9.96. The Labute approximate surface area is 130 Å². The van der Waals surface area contributed by atoms with Crippen molar-refractivity contribution in [3.8, 4) is 0 Å². The highest BCUT2D eigenvalue weighted by atomic mass is 16.7. The zero-order chi connectivity index (χ0) is 15.5. The number of ether oxygens (including phenoxy) is 3. The molecule has 1 aromatic heterocycles. The smallest absolute Gasteiger partial charge is 0.176 e. The number of methoxy groups -OCH3 is 1. The van der Waals surface area contributed by atoms with E-state index in [0.717, 1.165) is 5.69 Å². The number of aliphatic hydroxyl groups excluding tert-OH is 1. The summed E-state index contributed by atoms with van der Waals surface area (Å²) in [6.45, 7) is 2.42. The second-order valence-electron chi connectivity index (χ2n) is 5.86. The van der Waals surface area contributed by atoms with Crippen molar-refractivity contribution in [1.82, 2.24) is 15.2 Å². The van der Waals surface area contributed by atoms with E-state index < -0.39 is 6.10 Å². The summed E-state index contributed by atoms with van der Waals surface area (Å²) in [7, 11) is 3.66. The first kappa shape index (κ1) is 15.9. The third-order valence-corrected chi connectivity index (χ3v) is 4.42. The molecule has 0 radical (unpaired) electrons. The van der Waals surface area contributed by atoms with Crippen molar-refractivity contribution in [2.75, 3.05) is 26.9 Å². The second-order valence-corrected chi connectivity index (χ2v) is 5.86. The van der Waals surface area contributed by atoms with Gasteiger partial charge in [0.2, 0.25) is 0 Å². The summed E-state index contributed by atoms with van der Waals surface area (Å²) in [6.07, 6.45) is 0.948. The van der Waals surface area contributed by atoms with Gasteiger partial charge in [-0.2, -0.15) is 0 Å². The minimum atomic E-state index is -0.566. The van der Waals surface area contributed by atoms with Crippen LogP contribution in [-0.2, 0) is 27.8 Å². The van der Waals surface area contributed by atoms with Crippen molar-refractivity contribution >= 4 is 0 Å². The summed E-state index contributed by atoms with van der Waals surface area (Å²) in [5.74, 6) is 0. The molecule has 3 N–H and O–H groups in total. The van der Waals surface area contributed by atoms with Gasteiger partial charge in [0.25, 0.3) is 0 Å². The topological polar surface area (TPSA) is 76.9 Å². The molecule has 7 nitrogen and oxygen atoms in total. The number of aryl methyl sites for hydroxylation is 1. The fourth-order valence-corrected chi connectivity index (χ4v) is 3.12. The molecule has 3 heterocycles. The SMILES string of the molecule is COCCNC1C2OCC(O2)C(NCc2cccn2C)C1O. The average Bonchev–Trinajstić information content (AvgIpc) is 3.11. The Balaban J connectivity index is 1.61. The molecule has 0 aromatic carbocycles. The van der Waals surface area contributed by atoms with Crippen LogP contribution in [0.5, 0.6) is 0 Å². The first-order valence-electron chi connectivity index (χ1n) is 7.71. The van der Waals surface area contributed by atoms with Crippen LogP contribution in [-0.4, -0.2) is 67.1 Å². The predicted molar refractivity (Wildman–Crippen MR) is 80.3 cm³/mol. The van der Waals surface area contributed by atoms with Gasteiger partial charge in [-0.15, -0.1) is 0 Å². The molecule has 3 rings (SSSR count). The maximum absolute atomic E-state index is 10.7. The quantitative estimate of drug-likeness (QED) is 0.573. The molecule has 22 heavy (non-hydrogen) atoms. The van der Waals surface area contributed by atoms with Crippen LogP contribution in [0.3, 0.4) is 0 Å². The number of rotatable bonds is 7. The van der Waals surface area contributed by atoms with Gasteiger partial charge >= 0.3 is 0 Å². The van der Waals surface area contributed by atoms with Gasteiger partial charge in [0.15, 0.2) is 6.29 Å². The Morgan fingerprint density at radius 3 is 3.00 bits per heavy atom. The lowest BCUT2D eigenvalue weighted by Gasteiger charge is -2.39. The van der Waals surface area contributed by atoms with Crippen LogP contribution in [0.2, 0.25) is 0 Å². The van der Waals surface area contributed by atoms with E-state index in [1.165, 1.54) is 0 Å². The van der Waals surface area contributed by atoms with Gasteiger partial charge in [-0.25, -0.2) is 0 Å². The van der Waals surface area contributed by atoms with Crippen LogP contribution in [0.25, 0.3) is 0 Å². The van der Waals surface area contributed by atoms with Gasteiger partial charge in [0.05, 0.1) is 31.4 Å². The van der Waals surface area contributed by atoms with Gasteiger partial charge in [-0.05, 0) is 12.1 Å². The summed E-state index contributed by atoms with van der Waals surface area (Å²) < 4.78 is 18.6. The molecular formula is C15H25N3O4. The van der Waals surface area contributed by atoms with Crippen LogP contribution in [0.1, 0.15) is 5.69 Å². The van der Waals surface area contributed by atoms with Gasteiger partial charge in [0.1, 0.15) is 6.10 Å². The van der Waals surface area contributed by atoms with Gasteiger partial charge in [-0.3, -0.25) is 0 Å². The summed E-state index contributed by atoms with van der Waals surface area (Å²) in [5.41, 5.74) is 1.16. The predicted octanol–water partition coefficient (Wildman–Crippen LogP) is -0.796. The highest BCUT2D eigenvalue weighted by Gasteiger charge is 2.49. The van der Waals surface area contributed by atoms with E-state index in [1.54, 1.807) is 7.11 Å². The Hall–Kier alpha value is -0.960. The number of hydrogen-bond acceptors (Lipinski definition) is 6. The lowest BCUT2D eigenvalue weighted by Crippen LogP contribution is -2.63.